The summed E-state index contributed by atoms with van der Waals surface area (Å²) in [6.45, 7) is 11.9. The number of hydrogen-bond donors (Lipinski definition) is 3. The average Bonchev–Trinajstić information content (AvgIpc) is 2.28. The van der Waals surface area contributed by atoms with E-state index in [0.717, 1.165) is 108 Å². The molecule has 0 bridgehead atoms. The number of esters is 4. The van der Waals surface area contributed by atoms with Crippen molar-refractivity contribution in [3.05, 3.63) is 0 Å². The maximum atomic E-state index is 13.1. The monoisotopic (exact) mass is 1400 g/mol. The van der Waals surface area contributed by atoms with Gasteiger partial charge in [0.15, 0.2) is 12.2 Å². The standard InChI is InChI=1S/C76H148O17P2/c1-8-9-10-11-12-13-14-15-19-22-28-36-43-50-57-73(78)86-63-71(92-75(80)59-52-45-38-29-23-20-17-16-18-21-26-33-40-47-54-67(2)3)65-90-94(82,83)88-61-70(77)62-89-95(84,85)91-66-72(64-87-74(79)58-51-44-37-32-31-35-42-49-56-69(6)7)93-76(81)60-53-46-39-30-25-24-27-34-41-48-55-68(4)5/h67-72,77H,8-66H2,1-7H3,(H,82,83)(H,84,85)/t70-,71-,72-/m1/s1. The van der Waals surface area contributed by atoms with Crippen LogP contribution in [0.4, 0.5) is 0 Å². The number of phosphoric acid groups is 2. The average molecular weight is 1400 g/mol. The second-order valence-electron chi connectivity index (χ2n) is 28.8. The van der Waals surface area contributed by atoms with Crippen LogP contribution < -0.4 is 0 Å². The van der Waals surface area contributed by atoms with Gasteiger partial charge in [-0.2, -0.15) is 0 Å². The molecule has 19 heteroatoms. The molecule has 0 heterocycles. The van der Waals surface area contributed by atoms with Crippen LogP contribution in [0.5, 0.6) is 0 Å². The topological polar surface area (TPSA) is 237 Å². The molecule has 0 spiro atoms. The highest BCUT2D eigenvalue weighted by molar-refractivity contribution is 7.47. The molecule has 0 aliphatic rings. The minimum absolute atomic E-state index is 0.105. The Bertz CT molecular complexity index is 1850. The van der Waals surface area contributed by atoms with E-state index < -0.39 is 97.5 Å². The van der Waals surface area contributed by atoms with Crippen LogP contribution in [-0.2, 0) is 65.4 Å². The Hall–Kier alpha value is -1.94. The van der Waals surface area contributed by atoms with E-state index in [0.29, 0.717) is 25.7 Å². The van der Waals surface area contributed by atoms with Gasteiger partial charge in [0.2, 0.25) is 0 Å². The fourth-order valence-electron chi connectivity index (χ4n) is 11.6. The zero-order valence-corrected chi connectivity index (χ0v) is 63.9. The van der Waals surface area contributed by atoms with Crippen molar-refractivity contribution in [3.63, 3.8) is 0 Å². The Labute approximate surface area is 581 Å². The van der Waals surface area contributed by atoms with Crippen LogP contribution in [0.2, 0.25) is 0 Å². The second-order valence-corrected chi connectivity index (χ2v) is 31.7. The molecule has 0 aliphatic heterocycles. The first-order valence-electron chi connectivity index (χ1n) is 39.3. The first-order valence-corrected chi connectivity index (χ1v) is 42.3. The number of carbonyl (C=O) groups is 4. The van der Waals surface area contributed by atoms with Crippen molar-refractivity contribution in [3.8, 4) is 0 Å². The van der Waals surface area contributed by atoms with Crippen LogP contribution >= 0.6 is 15.6 Å². The molecule has 0 aromatic rings. The third-order valence-electron chi connectivity index (χ3n) is 17.6. The molecule has 0 aromatic heterocycles. The van der Waals surface area contributed by atoms with Gasteiger partial charge in [-0.25, -0.2) is 9.13 Å². The summed E-state index contributed by atoms with van der Waals surface area (Å²) in [6, 6.07) is 0. The van der Waals surface area contributed by atoms with Gasteiger partial charge in [-0.05, 0) is 43.4 Å². The number of phosphoric ester groups is 2. The van der Waals surface area contributed by atoms with Crippen LogP contribution in [0.3, 0.4) is 0 Å². The van der Waals surface area contributed by atoms with Gasteiger partial charge in [0.25, 0.3) is 0 Å². The first-order chi connectivity index (χ1) is 45.7. The molecule has 95 heavy (non-hydrogen) atoms. The number of rotatable bonds is 74. The number of hydrogen-bond acceptors (Lipinski definition) is 15. The molecule has 0 fully saturated rings. The number of ether oxygens (including phenoxy) is 4. The van der Waals surface area contributed by atoms with Gasteiger partial charge in [-0.1, -0.05) is 337 Å². The zero-order valence-electron chi connectivity index (χ0n) is 62.1. The summed E-state index contributed by atoms with van der Waals surface area (Å²) in [5.41, 5.74) is 0. The van der Waals surface area contributed by atoms with Crippen LogP contribution in [0, 0.1) is 17.8 Å². The maximum Gasteiger partial charge on any atom is 0.472 e. The lowest BCUT2D eigenvalue weighted by Gasteiger charge is -2.21. The quantitative estimate of drug-likeness (QED) is 0.0222. The van der Waals surface area contributed by atoms with Gasteiger partial charge in [0, 0.05) is 25.7 Å². The molecular formula is C76H148O17P2. The molecule has 5 atom stereocenters. The summed E-state index contributed by atoms with van der Waals surface area (Å²) in [5.74, 6) is 0.156. The van der Waals surface area contributed by atoms with Gasteiger partial charge in [0.1, 0.15) is 19.3 Å². The molecule has 0 saturated heterocycles. The van der Waals surface area contributed by atoms with Gasteiger partial charge >= 0.3 is 39.5 Å². The molecule has 0 rings (SSSR count). The summed E-state index contributed by atoms with van der Waals surface area (Å²) in [4.78, 5) is 72.8. The number of unbranched alkanes of at least 4 members (excludes halogenated alkanes) is 42. The highest BCUT2D eigenvalue weighted by atomic mass is 31.2. The molecule has 0 amide bonds. The van der Waals surface area contributed by atoms with Crippen molar-refractivity contribution in [2.45, 2.75) is 407 Å². The highest BCUT2D eigenvalue weighted by Gasteiger charge is 2.30. The van der Waals surface area contributed by atoms with Crippen LogP contribution in [0.1, 0.15) is 389 Å². The third-order valence-corrected chi connectivity index (χ3v) is 19.5. The molecule has 3 N–H and O–H groups in total. The van der Waals surface area contributed by atoms with Gasteiger partial charge in [0.05, 0.1) is 26.4 Å². The minimum atomic E-state index is -4.96. The van der Waals surface area contributed by atoms with Crippen molar-refractivity contribution in [1.82, 2.24) is 0 Å². The summed E-state index contributed by atoms with van der Waals surface area (Å²) in [5, 5.41) is 10.6. The summed E-state index contributed by atoms with van der Waals surface area (Å²) in [6.07, 6.45) is 52.7. The minimum Gasteiger partial charge on any atom is -0.462 e. The van der Waals surface area contributed by atoms with E-state index in [-0.39, 0.29) is 25.7 Å². The van der Waals surface area contributed by atoms with Crippen molar-refractivity contribution in [2.24, 2.45) is 17.8 Å². The maximum absolute atomic E-state index is 13.1. The molecular weight excluding hydrogens is 1250 g/mol. The van der Waals surface area contributed by atoms with Crippen molar-refractivity contribution < 1.29 is 80.2 Å². The smallest absolute Gasteiger partial charge is 0.462 e. The predicted molar refractivity (Wildman–Crippen MR) is 386 cm³/mol. The number of carbonyl (C=O) groups excluding carboxylic acids is 4. The largest absolute Gasteiger partial charge is 0.472 e. The number of aliphatic hydroxyl groups is 1. The molecule has 564 valence electrons. The Kier molecular flexibility index (Phi) is 65.2. The lowest BCUT2D eigenvalue weighted by molar-refractivity contribution is -0.161. The fraction of sp³-hybridized carbons (Fsp3) is 0.947. The number of aliphatic hydroxyl groups excluding tert-OH is 1. The van der Waals surface area contributed by atoms with E-state index in [1.165, 1.54) is 199 Å². The van der Waals surface area contributed by atoms with Crippen LogP contribution in [-0.4, -0.2) is 96.7 Å². The van der Waals surface area contributed by atoms with Crippen molar-refractivity contribution in [1.29, 1.82) is 0 Å². The lowest BCUT2D eigenvalue weighted by atomic mass is 10.0. The van der Waals surface area contributed by atoms with Crippen molar-refractivity contribution in [2.75, 3.05) is 39.6 Å². The predicted octanol–water partition coefficient (Wildman–Crippen LogP) is 22.2. The molecule has 0 saturated carbocycles. The molecule has 0 radical (unpaired) electrons. The van der Waals surface area contributed by atoms with Gasteiger partial charge in [-0.3, -0.25) is 37.3 Å². The van der Waals surface area contributed by atoms with Crippen LogP contribution in [0.25, 0.3) is 0 Å². The third kappa shape index (κ3) is 70.3. The molecule has 17 nitrogen and oxygen atoms in total. The van der Waals surface area contributed by atoms with Gasteiger partial charge in [-0.15, -0.1) is 0 Å². The van der Waals surface area contributed by atoms with Crippen LogP contribution in [0.15, 0.2) is 0 Å². The first kappa shape index (κ1) is 93.1. The van der Waals surface area contributed by atoms with E-state index in [2.05, 4.69) is 48.5 Å². The molecule has 0 aliphatic carbocycles. The second kappa shape index (κ2) is 66.6. The Morgan fingerprint density at radius 1 is 0.284 bits per heavy atom. The Morgan fingerprint density at radius 3 is 0.716 bits per heavy atom. The van der Waals surface area contributed by atoms with E-state index >= 15 is 0 Å². The summed E-state index contributed by atoms with van der Waals surface area (Å²) < 4.78 is 68.5. The molecule has 2 unspecified atom stereocenters. The van der Waals surface area contributed by atoms with Gasteiger partial charge < -0.3 is 33.8 Å². The lowest BCUT2D eigenvalue weighted by Crippen LogP contribution is -2.30. The Balaban J connectivity index is 5.26. The SMILES string of the molecule is CCCCCCCCCCCCCCCCC(=O)OC[C@H](COP(=O)(O)OC[C@@H](O)COP(=O)(O)OC[C@@H](COC(=O)CCCCCCCCCCC(C)C)OC(=O)CCCCCCCCCCCCC(C)C)OC(=O)CCCCCCCCCCCCCCCCC(C)C. The highest BCUT2D eigenvalue weighted by Crippen LogP contribution is 2.45. The Morgan fingerprint density at radius 2 is 0.484 bits per heavy atom. The van der Waals surface area contributed by atoms with Crippen molar-refractivity contribution >= 4 is 39.5 Å². The van der Waals surface area contributed by atoms with E-state index in [4.69, 9.17) is 37.0 Å². The normalized spacial score (nSPS) is 14.1. The van der Waals surface area contributed by atoms with E-state index in [9.17, 15) is 43.2 Å². The summed E-state index contributed by atoms with van der Waals surface area (Å²) >= 11 is 0. The van der Waals surface area contributed by atoms with E-state index in [1.54, 1.807) is 0 Å². The molecule has 0 aromatic carbocycles. The van der Waals surface area contributed by atoms with E-state index in [1.807, 2.05) is 0 Å². The zero-order chi connectivity index (χ0) is 70.1. The summed E-state index contributed by atoms with van der Waals surface area (Å²) in [7, 11) is -9.91. The fourth-order valence-corrected chi connectivity index (χ4v) is 13.2.